The number of methoxy groups -OCH3 is 1. The van der Waals surface area contributed by atoms with Crippen molar-refractivity contribution in [2.24, 2.45) is 13.0 Å². The molecule has 0 aromatic carbocycles. The number of hydrogen-bond donors (Lipinski definition) is 1. The molecule has 182 valence electrons. The van der Waals surface area contributed by atoms with E-state index in [4.69, 9.17) is 4.74 Å². The third kappa shape index (κ3) is 5.06. The number of carbonyl (C=O) groups is 1. The van der Waals surface area contributed by atoms with Crippen LogP contribution in [0.2, 0.25) is 0 Å². The van der Waals surface area contributed by atoms with Gasteiger partial charge in [0.2, 0.25) is 5.13 Å². The van der Waals surface area contributed by atoms with Gasteiger partial charge in [-0.05, 0) is 30.9 Å². The van der Waals surface area contributed by atoms with Crippen molar-refractivity contribution in [3.63, 3.8) is 0 Å². The number of ether oxygens (including phenoxy) is 1. The molecule has 5 rings (SSSR count). The fraction of sp³-hybridized carbons (Fsp3) is 0.250. The molecular weight excluding hydrogens is 488 g/mol. The van der Waals surface area contributed by atoms with Crippen molar-refractivity contribution in [3.8, 4) is 40.1 Å². The molecule has 0 atom stereocenters. The third-order valence-corrected chi connectivity index (χ3v) is 6.10. The van der Waals surface area contributed by atoms with Gasteiger partial charge in [0, 0.05) is 36.5 Å². The second-order valence-corrected chi connectivity index (χ2v) is 9.04. The maximum Gasteiger partial charge on any atom is 0.280 e. The Balaban J connectivity index is 1.55. The molecular formula is C24H19F2N7O2S. The summed E-state index contributed by atoms with van der Waals surface area (Å²) in [5.74, 6) is 6.15. The Labute approximate surface area is 208 Å². The summed E-state index contributed by atoms with van der Waals surface area (Å²) >= 11 is 1.15. The molecule has 4 aromatic heterocycles. The fourth-order valence-corrected chi connectivity index (χ4v) is 3.98. The van der Waals surface area contributed by atoms with Gasteiger partial charge in [0.05, 0.1) is 30.9 Å². The molecule has 0 bridgehead atoms. The predicted octanol–water partition coefficient (Wildman–Crippen LogP) is 4.36. The zero-order valence-electron chi connectivity index (χ0n) is 19.2. The minimum atomic E-state index is -2.81. The van der Waals surface area contributed by atoms with Crippen LogP contribution >= 0.6 is 11.3 Å². The zero-order valence-corrected chi connectivity index (χ0v) is 20.0. The van der Waals surface area contributed by atoms with Crippen LogP contribution < -0.4 is 10.1 Å². The van der Waals surface area contributed by atoms with E-state index in [1.165, 1.54) is 25.6 Å². The first kappa shape index (κ1) is 23.5. The number of imidazole rings is 1. The first-order valence-electron chi connectivity index (χ1n) is 10.9. The largest absolute Gasteiger partial charge is 0.494 e. The van der Waals surface area contributed by atoms with Crippen LogP contribution in [-0.2, 0) is 7.05 Å². The normalized spacial score (nSPS) is 12.8. The van der Waals surface area contributed by atoms with Crippen LogP contribution in [0.25, 0.3) is 22.5 Å². The molecule has 1 N–H and O–H groups in total. The van der Waals surface area contributed by atoms with Crippen LogP contribution in [0.4, 0.5) is 13.9 Å². The minimum absolute atomic E-state index is 0.125. The average Bonchev–Trinajstić information content (AvgIpc) is 3.44. The van der Waals surface area contributed by atoms with Crippen LogP contribution in [0.3, 0.4) is 0 Å². The summed E-state index contributed by atoms with van der Waals surface area (Å²) in [5.41, 5.74) is 1.27. The van der Waals surface area contributed by atoms with E-state index in [1.807, 2.05) is 7.05 Å². The van der Waals surface area contributed by atoms with E-state index in [-0.39, 0.29) is 22.0 Å². The summed E-state index contributed by atoms with van der Waals surface area (Å²) in [7, 11) is 3.21. The van der Waals surface area contributed by atoms with Crippen LogP contribution in [0.1, 0.15) is 40.3 Å². The van der Waals surface area contributed by atoms with Gasteiger partial charge in [-0.2, -0.15) is 0 Å². The molecule has 1 amide bonds. The summed E-state index contributed by atoms with van der Waals surface area (Å²) in [5, 5.41) is 11.5. The van der Waals surface area contributed by atoms with E-state index in [9.17, 15) is 13.6 Å². The van der Waals surface area contributed by atoms with Crippen LogP contribution in [0.15, 0.2) is 37.1 Å². The number of halogens is 2. The highest BCUT2D eigenvalue weighted by Crippen LogP contribution is 2.36. The van der Waals surface area contributed by atoms with Gasteiger partial charge < -0.3 is 9.30 Å². The number of pyridine rings is 2. The average molecular weight is 508 g/mol. The second kappa shape index (κ2) is 9.79. The van der Waals surface area contributed by atoms with Crippen LogP contribution in [0, 0.1) is 17.8 Å². The van der Waals surface area contributed by atoms with Crippen molar-refractivity contribution in [3.05, 3.63) is 53.3 Å². The maximum absolute atomic E-state index is 13.5. The quantitative estimate of drug-likeness (QED) is 0.387. The number of anilines is 1. The monoisotopic (exact) mass is 507 g/mol. The van der Waals surface area contributed by atoms with Crippen molar-refractivity contribution in [2.45, 2.75) is 19.3 Å². The van der Waals surface area contributed by atoms with Gasteiger partial charge >= 0.3 is 0 Å². The lowest BCUT2D eigenvalue weighted by Crippen LogP contribution is -2.14. The van der Waals surface area contributed by atoms with Crippen molar-refractivity contribution >= 4 is 22.4 Å². The van der Waals surface area contributed by atoms with E-state index in [0.717, 1.165) is 24.2 Å². The number of aryl methyl sites for hydroxylation is 1. The molecule has 12 heteroatoms. The van der Waals surface area contributed by atoms with E-state index < -0.39 is 18.0 Å². The summed E-state index contributed by atoms with van der Waals surface area (Å²) in [6, 6.07) is 2.81. The molecule has 0 aliphatic heterocycles. The van der Waals surface area contributed by atoms with Gasteiger partial charge in [-0.25, -0.2) is 13.8 Å². The maximum atomic E-state index is 13.5. The van der Waals surface area contributed by atoms with Gasteiger partial charge in [0.1, 0.15) is 17.1 Å². The summed E-state index contributed by atoms with van der Waals surface area (Å²) < 4.78 is 34.1. The number of carbonyl (C=O) groups excluding carboxylic acids is 1. The number of nitrogens with one attached hydrogen (secondary N) is 1. The van der Waals surface area contributed by atoms with Crippen LogP contribution in [-0.4, -0.2) is 42.7 Å². The zero-order chi connectivity index (χ0) is 25.2. The highest BCUT2D eigenvalue weighted by molar-refractivity contribution is 7.15. The predicted molar refractivity (Wildman–Crippen MR) is 129 cm³/mol. The molecule has 4 aromatic rings. The molecule has 0 saturated heterocycles. The standard InChI is InChI=1S/C24H19F2N7O2S/c1-33-11-19(29-12-33)17-7-14(15-8-18(22(25)26)28-10-20(15)35-2)16(9-27-17)23(34)30-24-32-31-21(36-24)6-5-13-3-4-13/h7-13,22H,3-4H2,1-2H3,(H,30,32,34). The lowest BCUT2D eigenvalue weighted by molar-refractivity contribution is 0.102. The SMILES string of the molecule is COc1cnc(C(F)F)cc1-c1cc(-c2cn(C)cn2)ncc1C(=O)Nc1nnc(C#CC2CC2)s1. The molecule has 1 aliphatic carbocycles. The second-order valence-electron chi connectivity index (χ2n) is 8.06. The fourth-order valence-electron chi connectivity index (χ4n) is 3.38. The van der Waals surface area contributed by atoms with Gasteiger partial charge in [0.25, 0.3) is 12.3 Å². The molecule has 4 heterocycles. The number of hydrogen-bond acceptors (Lipinski definition) is 8. The lowest BCUT2D eigenvalue weighted by atomic mass is 9.98. The molecule has 0 radical (unpaired) electrons. The smallest absolute Gasteiger partial charge is 0.280 e. The first-order chi connectivity index (χ1) is 17.4. The molecule has 0 unspecified atom stereocenters. The van der Waals surface area contributed by atoms with Crippen LogP contribution in [0.5, 0.6) is 5.75 Å². The lowest BCUT2D eigenvalue weighted by Gasteiger charge is -2.14. The molecule has 0 spiro atoms. The Morgan fingerprint density at radius 1 is 1.17 bits per heavy atom. The molecule has 36 heavy (non-hydrogen) atoms. The first-order valence-corrected chi connectivity index (χ1v) is 11.7. The molecule has 1 aliphatic rings. The Bertz CT molecular complexity index is 1500. The number of alkyl halides is 2. The van der Waals surface area contributed by atoms with E-state index in [2.05, 4.69) is 42.3 Å². The van der Waals surface area contributed by atoms with Gasteiger partial charge in [-0.15, -0.1) is 10.2 Å². The minimum Gasteiger partial charge on any atom is -0.494 e. The van der Waals surface area contributed by atoms with E-state index in [1.54, 1.807) is 23.2 Å². The number of aromatic nitrogens is 6. The van der Waals surface area contributed by atoms with Gasteiger partial charge in [0.15, 0.2) is 5.01 Å². The number of amides is 1. The van der Waals surface area contributed by atoms with Crippen molar-refractivity contribution in [2.75, 3.05) is 12.4 Å². The van der Waals surface area contributed by atoms with Crippen molar-refractivity contribution in [1.82, 2.24) is 29.7 Å². The highest BCUT2D eigenvalue weighted by Gasteiger charge is 2.22. The summed E-state index contributed by atoms with van der Waals surface area (Å²) in [6.07, 6.45) is 5.31. The highest BCUT2D eigenvalue weighted by atomic mass is 32.1. The van der Waals surface area contributed by atoms with E-state index >= 15 is 0 Å². The Kier molecular flexibility index (Phi) is 6.39. The van der Waals surface area contributed by atoms with E-state index in [0.29, 0.717) is 27.9 Å². The van der Waals surface area contributed by atoms with Gasteiger partial charge in [-0.1, -0.05) is 17.3 Å². The number of rotatable bonds is 6. The Morgan fingerprint density at radius 3 is 2.69 bits per heavy atom. The Morgan fingerprint density at radius 2 is 2.00 bits per heavy atom. The molecule has 1 saturated carbocycles. The summed E-state index contributed by atoms with van der Waals surface area (Å²) in [4.78, 5) is 25.7. The number of nitrogens with zero attached hydrogens (tertiary/aromatic N) is 6. The van der Waals surface area contributed by atoms with Crippen molar-refractivity contribution in [1.29, 1.82) is 0 Å². The molecule has 1 fully saturated rings. The third-order valence-electron chi connectivity index (χ3n) is 5.34. The van der Waals surface area contributed by atoms with Crippen molar-refractivity contribution < 1.29 is 18.3 Å². The topological polar surface area (TPSA) is 108 Å². The van der Waals surface area contributed by atoms with Gasteiger partial charge in [-0.3, -0.25) is 20.1 Å². The summed E-state index contributed by atoms with van der Waals surface area (Å²) in [6.45, 7) is 0. The molecule has 9 nitrogen and oxygen atoms in total. The Hall–Kier alpha value is -4.24.